The van der Waals surface area contributed by atoms with Crippen LogP contribution in [0.15, 0.2) is 42.5 Å². The number of carbonyl (C=O) groups is 1. The molecule has 0 aliphatic rings. The van der Waals surface area contributed by atoms with E-state index >= 15 is 0 Å². The van der Waals surface area contributed by atoms with Gasteiger partial charge in [0.1, 0.15) is 0 Å². The summed E-state index contributed by atoms with van der Waals surface area (Å²) in [7, 11) is 6.05. The van der Waals surface area contributed by atoms with Crippen molar-refractivity contribution in [2.45, 2.75) is 0 Å². The molecule has 0 bridgehead atoms. The number of esters is 1. The lowest BCUT2D eigenvalue weighted by Gasteiger charge is -2.15. The first-order valence-corrected chi connectivity index (χ1v) is 7.54. The third-order valence-corrected chi connectivity index (χ3v) is 3.48. The number of hydrogen-bond donors (Lipinski definition) is 1. The molecule has 1 N–H and O–H groups in total. The van der Waals surface area contributed by atoms with Crippen molar-refractivity contribution < 1.29 is 23.7 Å². The lowest BCUT2D eigenvalue weighted by molar-refractivity contribution is -0.134. The second kappa shape index (κ2) is 8.63. The average molecular weight is 343 g/mol. The molecule has 0 heterocycles. The molecule has 0 unspecified atom stereocenters. The summed E-state index contributed by atoms with van der Waals surface area (Å²) in [6.07, 6.45) is 3.07. The van der Waals surface area contributed by atoms with Crippen LogP contribution in [0.2, 0.25) is 0 Å². The van der Waals surface area contributed by atoms with E-state index in [1.807, 2.05) is 36.4 Å². The minimum atomic E-state index is -0.389. The third-order valence-electron chi connectivity index (χ3n) is 3.48. The van der Waals surface area contributed by atoms with Gasteiger partial charge in [-0.15, -0.1) is 0 Å². The number of hydrogen-bond acceptors (Lipinski definition) is 6. The number of methoxy groups -OCH3 is 4. The predicted octanol–water partition coefficient (Wildman–Crippen LogP) is 3.64. The van der Waals surface area contributed by atoms with E-state index in [2.05, 4.69) is 10.1 Å². The molecular weight excluding hydrogens is 322 g/mol. The lowest BCUT2D eigenvalue weighted by Crippen LogP contribution is -1.98. The highest BCUT2D eigenvalue weighted by Gasteiger charge is 2.13. The van der Waals surface area contributed by atoms with Gasteiger partial charge in [0.05, 0.1) is 28.4 Å². The first-order valence-electron chi connectivity index (χ1n) is 7.54. The predicted molar refractivity (Wildman–Crippen MR) is 96.9 cm³/mol. The molecule has 0 aromatic heterocycles. The Morgan fingerprint density at radius 2 is 1.48 bits per heavy atom. The van der Waals surface area contributed by atoms with Gasteiger partial charge < -0.3 is 24.3 Å². The molecule has 6 heteroatoms. The van der Waals surface area contributed by atoms with Crippen LogP contribution in [-0.2, 0) is 9.53 Å². The maximum absolute atomic E-state index is 11.1. The summed E-state index contributed by atoms with van der Waals surface area (Å²) < 4.78 is 20.6. The molecule has 0 saturated heterocycles. The fraction of sp³-hybridized carbons (Fsp3) is 0.211. The summed E-state index contributed by atoms with van der Waals surface area (Å²) in [5, 5.41) is 3.28. The maximum Gasteiger partial charge on any atom is 0.330 e. The normalized spacial score (nSPS) is 10.4. The number of anilines is 2. The number of carbonyl (C=O) groups excluding carboxylic acids is 1. The van der Waals surface area contributed by atoms with Gasteiger partial charge in [-0.2, -0.15) is 0 Å². The van der Waals surface area contributed by atoms with Crippen LogP contribution in [0.25, 0.3) is 6.08 Å². The molecule has 2 aromatic carbocycles. The van der Waals surface area contributed by atoms with Gasteiger partial charge in [0.2, 0.25) is 5.75 Å². The second-order valence-electron chi connectivity index (χ2n) is 5.02. The maximum atomic E-state index is 11.1. The van der Waals surface area contributed by atoms with E-state index < -0.39 is 0 Å². The SMILES string of the molecule is COC(=O)/C=C/c1ccc(Nc2cc(OC)c(OC)c(OC)c2)cc1. The zero-order valence-corrected chi connectivity index (χ0v) is 14.7. The second-order valence-corrected chi connectivity index (χ2v) is 5.02. The summed E-state index contributed by atoms with van der Waals surface area (Å²) in [5.74, 6) is 1.29. The van der Waals surface area contributed by atoms with Crippen LogP contribution in [0.4, 0.5) is 11.4 Å². The van der Waals surface area contributed by atoms with Crippen molar-refractivity contribution in [1.29, 1.82) is 0 Å². The molecule has 25 heavy (non-hydrogen) atoms. The standard InChI is InChI=1S/C19H21NO5/c1-22-16-11-15(12-17(23-2)19(16)25-4)20-14-8-5-13(6-9-14)7-10-18(21)24-3/h5-12,20H,1-4H3/b10-7+. The van der Waals surface area contributed by atoms with E-state index in [4.69, 9.17) is 14.2 Å². The van der Waals surface area contributed by atoms with Gasteiger partial charge in [0.15, 0.2) is 11.5 Å². The smallest absolute Gasteiger partial charge is 0.330 e. The van der Waals surface area contributed by atoms with Crippen LogP contribution in [-0.4, -0.2) is 34.4 Å². The van der Waals surface area contributed by atoms with Crippen molar-refractivity contribution in [3.63, 3.8) is 0 Å². The molecule has 0 atom stereocenters. The monoisotopic (exact) mass is 343 g/mol. The van der Waals surface area contributed by atoms with Crippen LogP contribution in [0.5, 0.6) is 17.2 Å². The van der Waals surface area contributed by atoms with Gasteiger partial charge in [0, 0.05) is 29.6 Å². The van der Waals surface area contributed by atoms with Crippen LogP contribution >= 0.6 is 0 Å². The summed E-state index contributed by atoms with van der Waals surface area (Å²) in [6.45, 7) is 0. The lowest BCUT2D eigenvalue weighted by atomic mass is 10.2. The van der Waals surface area contributed by atoms with Gasteiger partial charge in [-0.1, -0.05) is 12.1 Å². The van der Waals surface area contributed by atoms with Crippen LogP contribution in [0.3, 0.4) is 0 Å². The Bertz CT molecular complexity index is 728. The Labute approximate surface area is 147 Å². The molecule has 2 aromatic rings. The van der Waals surface area contributed by atoms with E-state index in [9.17, 15) is 4.79 Å². The highest BCUT2D eigenvalue weighted by molar-refractivity contribution is 5.87. The van der Waals surface area contributed by atoms with E-state index in [-0.39, 0.29) is 5.97 Å². The molecule has 0 fully saturated rings. The van der Waals surface area contributed by atoms with E-state index in [0.717, 1.165) is 16.9 Å². The van der Waals surface area contributed by atoms with E-state index in [0.29, 0.717) is 17.2 Å². The van der Waals surface area contributed by atoms with Gasteiger partial charge in [-0.05, 0) is 23.8 Å². The van der Waals surface area contributed by atoms with Crippen molar-refractivity contribution in [2.24, 2.45) is 0 Å². The summed E-state index contributed by atoms with van der Waals surface area (Å²) in [4.78, 5) is 11.1. The van der Waals surface area contributed by atoms with Gasteiger partial charge in [0.25, 0.3) is 0 Å². The van der Waals surface area contributed by atoms with Crippen molar-refractivity contribution in [3.05, 3.63) is 48.0 Å². The molecular formula is C19H21NO5. The molecule has 0 amide bonds. The number of ether oxygens (including phenoxy) is 4. The third kappa shape index (κ3) is 4.67. The summed E-state index contributed by atoms with van der Waals surface area (Å²) in [6, 6.07) is 11.2. The summed E-state index contributed by atoms with van der Waals surface area (Å²) >= 11 is 0. The Kier molecular flexibility index (Phi) is 6.28. The van der Waals surface area contributed by atoms with Crippen LogP contribution < -0.4 is 19.5 Å². The zero-order valence-electron chi connectivity index (χ0n) is 14.7. The molecule has 0 radical (unpaired) electrons. The minimum absolute atomic E-state index is 0.389. The molecule has 6 nitrogen and oxygen atoms in total. The summed E-state index contributed by atoms with van der Waals surface area (Å²) in [5.41, 5.74) is 2.57. The fourth-order valence-corrected chi connectivity index (χ4v) is 2.23. The molecule has 0 saturated carbocycles. The highest BCUT2D eigenvalue weighted by atomic mass is 16.5. The molecule has 0 spiro atoms. The molecule has 2 rings (SSSR count). The number of nitrogens with one attached hydrogen (secondary N) is 1. The van der Waals surface area contributed by atoms with Gasteiger partial charge >= 0.3 is 5.97 Å². The minimum Gasteiger partial charge on any atom is -0.493 e. The van der Waals surface area contributed by atoms with E-state index in [1.165, 1.54) is 13.2 Å². The van der Waals surface area contributed by atoms with Crippen molar-refractivity contribution in [1.82, 2.24) is 0 Å². The molecule has 0 aliphatic heterocycles. The van der Waals surface area contributed by atoms with Crippen LogP contribution in [0.1, 0.15) is 5.56 Å². The Hall–Kier alpha value is -3.15. The average Bonchev–Trinajstić information content (AvgIpc) is 2.66. The van der Waals surface area contributed by atoms with Crippen LogP contribution in [0, 0.1) is 0 Å². The first-order chi connectivity index (χ1) is 12.1. The molecule has 132 valence electrons. The number of benzene rings is 2. The Morgan fingerprint density at radius 1 is 0.880 bits per heavy atom. The topological polar surface area (TPSA) is 66.0 Å². The zero-order chi connectivity index (χ0) is 18.2. The fourth-order valence-electron chi connectivity index (χ4n) is 2.23. The first kappa shape index (κ1) is 18.2. The largest absolute Gasteiger partial charge is 0.493 e. The molecule has 0 aliphatic carbocycles. The highest BCUT2D eigenvalue weighted by Crippen LogP contribution is 2.40. The van der Waals surface area contributed by atoms with Gasteiger partial charge in [-0.25, -0.2) is 4.79 Å². The van der Waals surface area contributed by atoms with Gasteiger partial charge in [-0.3, -0.25) is 0 Å². The number of rotatable bonds is 7. The Morgan fingerprint density at radius 3 is 1.96 bits per heavy atom. The Balaban J connectivity index is 2.19. The quantitative estimate of drug-likeness (QED) is 0.611. The van der Waals surface area contributed by atoms with E-state index in [1.54, 1.807) is 27.4 Å². The van der Waals surface area contributed by atoms with Crippen molar-refractivity contribution >= 4 is 23.4 Å². The van der Waals surface area contributed by atoms with Crippen molar-refractivity contribution in [2.75, 3.05) is 33.8 Å². The van der Waals surface area contributed by atoms with Crippen molar-refractivity contribution in [3.8, 4) is 17.2 Å².